The summed E-state index contributed by atoms with van der Waals surface area (Å²) in [5, 5.41) is 9.11. The van der Waals surface area contributed by atoms with E-state index in [1.165, 1.54) is 11.1 Å². The zero-order chi connectivity index (χ0) is 8.65. The summed E-state index contributed by atoms with van der Waals surface area (Å²) in [5.74, 6) is 0.447. The normalized spacial score (nSPS) is 29.7. The molecule has 0 spiro atoms. The van der Waals surface area contributed by atoms with E-state index in [-0.39, 0.29) is 5.41 Å². The van der Waals surface area contributed by atoms with Crippen LogP contribution < -0.4 is 0 Å². The fraction of sp³-hybridized carbons (Fsp3) is 0.800. The summed E-state index contributed by atoms with van der Waals surface area (Å²) in [5.41, 5.74) is 3.16. The molecule has 1 aliphatic rings. The van der Waals surface area contributed by atoms with Gasteiger partial charge in [0, 0.05) is 6.61 Å². The molecule has 0 saturated heterocycles. The molecule has 0 saturated carbocycles. The van der Waals surface area contributed by atoms with E-state index in [0.717, 1.165) is 6.42 Å². The lowest BCUT2D eigenvalue weighted by atomic mass is 9.78. The van der Waals surface area contributed by atoms with Crippen molar-refractivity contribution in [3.63, 3.8) is 0 Å². The summed E-state index contributed by atoms with van der Waals surface area (Å²) in [6.45, 7) is 9.12. The van der Waals surface area contributed by atoms with Gasteiger partial charge in [-0.3, -0.25) is 0 Å². The Kier molecular flexibility index (Phi) is 2.10. The highest BCUT2D eigenvalue weighted by Crippen LogP contribution is 2.46. The van der Waals surface area contributed by atoms with Crippen LogP contribution in [-0.2, 0) is 0 Å². The third-order valence-corrected chi connectivity index (χ3v) is 3.40. The van der Waals surface area contributed by atoms with E-state index in [0.29, 0.717) is 12.5 Å². The Balaban J connectivity index is 2.88. The highest BCUT2D eigenvalue weighted by Gasteiger charge is 2.36. The predicted molar refractivity (Wildman–Crippen MR) is 47.3 cm³/mol. The maximum Gasteiger partial charge on any atom is 0.0470 e. The van der Waals surface area contributed by atoms with Crippen molar-refractivity contribution in [2.24, 2.45) is 11.3 Å². The van der Waals surface area contributed by atoms with Crippen LogP contribution in [-0.4, -0.2) is 11.7 Å². The number of aliphatic hydroxyl groups excluding tert-OH is 1. The molecule has 1 nitrogen and oxygen atoms in total. The first-order valence-corrected chi connectivity index (χ1v) is 4.27. The molecule has 0 amide bonds. The second-order valence-corrected chi connectivity index (χ2v) is 4.21. The largest absolute Gasteiger partial charge is 0.396 e. The van der Waals surface area contributed by atoms with Crippen molar-refractivity contribution >= 4 is 0 Å². The fourth-order valence-corrected chi connectivity index (χ4v) is 1.93. The monoisotopic (exact) mass is 154 g/mol. The van der Waals surface area contributed by atoms with Crippen LogP contribution in [0.2, 0.25) is 0 Å². The first kappa shape index (κ1) is 8.79. The SMILES string of the molecule is CC1=C(C)C(C)(C)C(CO)C1. The van der Waals surface area contributed by atoms with Gasteiger partial charge in [0.05, 0.1) is 0 Å². The Hall–Kier alpha value is -0.300. The average Bonchev–Trinajstić information content (AvgIpc) is 2.13. The van der Waals surface area contributed by atoms with Gasteiger partial charge in [0.25, 0.3) is 0 Å². The summed E-state index contributed by atoms with van der Waals surface area (Å²) >= 11 is 0. The number of rotatable bonds is 1. The summed E-state index contributed by atoms with van der Waals surface area (Å²) < 4.78 is 0. The van der Waals surface area contributed by atoms with E-state index >= 15 is 0 Å². The molecule has 0 aromatic carbocycles. The van der Waals surface area contributed by atoms with Gasteiger partial charge in [-0.05, 0) is 31.6 Å². The fourth-order valence-electron chi connectivity index (χ4n) is 1.93. The molecular formula is C10H18O. The van der Waals surface area contributed by atoms with Crippen molar-refractivity contribution in [3.8, 4) is 0 Å². The Morgan fingerprint density at radius 1 is 1.45 bits per heavy atom. The summed E-state index contributed by atoms with van der Waals surface area (Å²) in [6, 6.07) is 0. The lowest BCUT2D eigenvalue weighted by Crippen LogP contribution is -2.23. The van der Waals surface area contributed by atoms with Crippen LogP contribution in [0.25, 0.3) is 0 Å². The van der Waals surface area contributed by atoms with Crippen molar-refractivity contribution in [1.82, 2.24) is 0 Å². The van der Waals surface area contributed by atoms with Crippen molar-refractivity contribution in [1.29, 1.82) is 0 Å². The molecule has 1 unspecified atom stereocenters. The third-order valence-electron chi connectivity index (χ3n) is 3.40. The molecule has 1 rings (SSSR count). The molecule has 64 valence electrons. The first-order chi connectivity index (χ1) is 5.00. The molecular weight excluding hydrogens is 136 g/mol. The molecule has 1 aliphatic carbocycles. The zero-order valence-electron chi connectivity index (χ0n) is 7.94. The summed E-state index contributed by atoms with van der Waals surface area (Å²) in [4.78, 5) is 0. The molecule has 1 heteroatoms. The predicted octanol–water partition coefficient (Wildman–Crippen LogP) is 2.36. The van der Waals surface area contributed by atoms with E-state index < -0.39 is 0 Å². The molecule has 0 aromatic heterocycles. The maximum atomic E-state index is 9.11. The second-order valence-electron chi connectivity index (χ2n) is 4.21. The highest BCUT2D eigenvalue weighted by atomic mass is 16.3. The quantitative estimate of drug-likeness (QED) is 0.575. The van der Waals surface area contributed by atoms with Crippen molar-refractivity contribution in [2.75, 3.05) is 6.61 Å². The van der Waals surface area contributed by atoms with Crippen LogP contribution in [0.4, 0.5) is 0 Å². The number of allylic oxidation sites excluding steroid dienone is 2. The van der Waals surface area contributed by atoms with Gasteiger partial charge >= 0.3 is 0 Å². The summed E-state index contributed by atoms with van der Waals surface area (Å²) in [6.07, 6.45) is 1.08. The zero-order valence-corrected chi connectivity index (χ0v) is 7.94. The summed E-state index contributed by atoms with van der Waals surface area (Å²) in [7, 11) is 0. The van der Waals surface area contributed by atoms with E-state index in [9.17, 15) is 0 Å². The smallest absolute Gasteiger partial charge is 0.0470 e. The maximum absolute atomic E-state index is 9.11. The minimum absolute atomic E-state index is 0.221. The van der Waals surface area contributed by atoms with Gasteiger partial charge in [-0.1, -0.05) is 25.0 Å². The van der Waals surface area contributed by atoms with E-state index in [1.54, 1.807) is 0 Å². The van der Waals surface area contributed by atoms with Gasteiger partial charge in [-0.15, -0.1) is 0 Å². The number of hydrogen-bond acceptors (Lipinski definition) is 1. The lowest BCUT2D eigenvalue weighted by Gasteiger charge is -2.27. The van der Waals surface area contributed by atoms with Crippen LogP contribution in [0, 0.1) is 11.3 Å². The topological polar surface area (TPSA) is 20.2 Å². The molecule has 11 heavy (non-hydrogen) atoms. The van der Waals surface area contributed by atoms with Crippen molar-refractivity contribution in [2.45, 2.75) is 34.1 Å². The second kappa shape index (κ2) is 2.63. The van der Waals surface area contributed by atoms with E-state index in [2.05, 4.69) is 27.7 Å². The molecule has 0 aliphatic heterocycles. The van der Waals surface area contributed by atoms with Gasteiger partial charge in [0.1, 0.15) is 0 Å². The van der Waals surface area contributed by atoms with Crippen LogP contribution in [0.1, 0.15) is 34.1 Å². The van der Waals surface area contributed by atoms with Crippen LogP contribution >= 0.6 is 0 Å². The van der Waals surface area contributed by atoms with Gasteiger partial charge in [-0.2, -0.15) is 0 Å². The number of hydrogen-bond donors (Lipinski definition) is 1. The lowest BCUT2D eigenvalue weighted by molar-refractivity contribution is 0.157. The number of aliphatic hydroxyl groups is 1. The van der Waals surface area contributed by atoms with Crippen LogP contribution in [0.3, 0.4) is 0 Å². The molecule has 0 radical (unpaired) electrons. The highest BCUT2D eigenvalue weighted by molar-refractivity contribution is 5.25. The van der Waals surface area contributed by atoms with Crippen LogP contribution in [0.5, 0.6) is 0 Å². The van der Waals surface area contributed by atoms with Gasteiger partial charge in [-0.25, -0.2) is 0 Å². The molecule has 0 heterocycles. The standard InChI is InChI=1S/C10H18O/c1-7-5-9(6-11)10(3,4)8(7)2/h9,11H,5-6H2,1-4H3. The minimum atomic E-state index is 0.221. The minimum Gasteiger partial charge on any atom is -0.396 e. The van der Waals surface area contributed by atoms with Crippen molar-refractivity contribution in [3.05, 3.63) is 11.1 Å². The third kappa shape index (κ3) is 1.22. The van der Waals surface area contributed by atoms with Crippen molar-refractivity contribution < 1.29 is 5.11 Å². The average molecular weight is 154 g/mol. The van der Waals surface area contributed by atoms with Gasteiger partial charge in [0.15, 0.2) is 0 Å². The van der Waals surface area contributed by atoms with E-state index in [1.807, 2.05) is 0 Å². The Bertz CT molecular complexity index is 189. The Morgan fingerprint density at radius 3 is 2.18 bits per heavy atom. The molecule has 1 atom stereocenters. The van der Waals surface area contributed by atoms with E-state index in [4.69, 9.17) is 5.11 Å². The molecule has 0 bridgehead atoms. The Morgan fingerprint density at radius 2 is 2.00 bits per heavy atom. The Labute approximate surface area is 69.1 Å². The van der Waals surface area contributed by atoms with Gasteiger partial charge < -0.3 is 5.11 Å². The molecule has 1 N–H and O–H groups in total. The molecule has 0 fully saturated rings. The van der Waals surface area contributed by atoms with Crippen LogP contribution in [0.15, 0.2) is 11.1 Å². The first-order valence-electron chi connectivity index (χ1n) is 4.27. The molecule has 0 aromatic rings. The van der Waals surface area contributed by atoms with Gasteiger partial charge in [0.2, 0.25) is 0 Å².